The van der Waals surface area contributed by atoms with Crippen molar-refractivity contribution in [1.82, 2.24) is 10.6 Å². The van der Waals surface area contributed by atoms with E-state index >= 15 is 0 Å². The molecule has 0 aromatic carbocycles. The van der Waals surface area contributed by atoms with Crippen LogP contribution in [-0.2, 0) is 0 Å². The molecule has 0 spiro atoms. The van der Waals surface area contributed by atoms with Crippen LogP contribution in [0.1, 0.15) is 19.8 Å². The van der Waals surface area contributed by atoms with E-state index in [4.69, 9.17) is 0 Å². The minimum Gasteiger partial charge on any atom is -0.372 e. The predicted octanol–water partition coefficient (Wildman–Crippen LogP) is 0.652. The Morgan fingerprint density at radius 2 is 1.69 bits per heavy atom. The summed E-state index contributed by atoms with van der Waals surface area (Å²) in [6.45, 7) is 6.34. The smallest absolute Gasteiger partial charge is 0.0998 e. The highest BCUT2D eigenvalue weighted by atomic mass is 15.1. The van der Waals surface area contributed by atoms with Crippen LogP contribution >= 0.6 is 0 Å². The van der Waals surface area contributed by atoms with E-state index in [1.54, 1.807) is 0 Å². The average Bonchev–Trinajstić information content (AvgIpc) is 2.97. The highest BCUT2D eigenvalue weighted by molar-refractivity contribution is 5.90. The Kier molecular flexibility index (Phi) is 2.58. The van der Waals surface area contributed by atoms with Gasteiger partial charge in [-0.15, -0.1) is 0 Å². The SMILES string of the molecule is CC1CC(C2=NCCN2)CC1C1=NCCN1. The van der Waals surface area contributed by atoms with Crippen LogP contribution in [0.4, 0.5) is 0 Å². The van der Waals surface area contributed by atoms with Crippen LogP contribution in [0.2, 0.25) is 0 Å². The summed E-state index contributed by atoms with van der Waals surface area (Å²) in [5.74, 6) is 4.53. The molecular formula is C12H20N4. The molecule has 0 aromatic rings. The van der Waals surface area contributed by atoms with E-state index in [0.29, 0.717) is 11.8 Å². The van der Waals surface area contributed by atoms with Gasteiger partial charge in [-0.1, -0.05) is 6.92 Å². The first-order chi connectivity index (χ1) is 7.84. The fraction of sp³-hybridized carbons (Fsp3) is 0.833. The van der Waals surface area contributed by atoms with Crippen LogP contribution in [-0.4, -0.2) is 37.9 Å². The molecule has 3 aliphatic rings. The highest BCUT2D eigenvalue weighted by Gasteiger charge is 2.38. The van der Waals surface area contributed by atoms with Crippen molar-refractivity contribution < 1.29 is 0 Å². The van der Waals surface area contributed by atoms with Crippen molar-refractivity contribution in [2.24, 2.45) is 27.7 Å². The van der Waals surface area contributed by atoms with Gasteiger partial charge in [0.1, 0.15) is 0 Å². The van der Waals surface area contributed by atoms with Crippen molar-refractivity contribution in [2.75, 3.05) is 26.2 Å². The second kappa shape index (κ2) is 4.07. The van der Waals surface area contributed by atoms with Crippen LogP contribution in [0.3, 0.4) is 0 Å². The van der Waals surface area contributed by atoms with Crippen molar-refractivity contribution in [3.05, 3.63) is 0 Å². The fourth-order valence-electron chi connectivity index (χ4n) is 3.21. The number of aliphatic imine (C=N–C) groups is 2. The van der Waals surface area contributed by atoms with Gasteiger partial charge in [-0.2, -0.15) is 0 Å². The summed E-state index contributed by atoms with van der Waals surface area (Å²) in [5.41, 5.74) is 0. The largest absolute Gasteiger partial charge is 0.372 e. The van der Waals surface area contributed by atoms with Crippen LogP contribution in [0.15, 0.2) is 9.98 Å². The Morgan fingerprint density at radius 1 is 1.00 bits per heavy atom. The van der Waals surface area contributed by atoms with E-state index in [1.807, 2.05) is 0 Å². The molecule has 2 aliphatic heterocycles. The Balaban J connectivity index is 1.69. The molecular weight excluding hydrogens is 200 g/mol. The van der Waals surface area contributed by atoms with Crippen molar-refractivity contribution in [2.45, 2.75) is 19.8 Å². The molecule has 16 heavy (non-hydrogen) atoms. The molecule has 4 heteroatoms. The molecule has 0 saturated heterocycles. The van der Waals surface area contributed by atoms with Gasteiger partial charge in [-0.05, 0) is 18.8 Å². The normalized spacial score (nSPS) is 37.9. The lowest BCUT2D eigenvalue weighted by molar-refractivity contribution is 0.521. The fourth-order valence-corrected chi connectivity index (χ4v) is 3.21. The molecule has 0 bridgehead atoms. The Labute approximate surface area is 96.6 Å². The molecule has 1 saturated carbocycles. The van der Waals surface area contributed by atoms with E-state index in [-0.39, 0.29) is 0 Å². The van der Waals surface area contributed by atoms with Gasteiger partial charge in [-0.25, -0.2) is 0 Å². The summed E-state index contributed by atoms with van der Waals surface area (Å²) in [5, 5.41) is 6.85. The number of hydrogen-bond acceptors (Lipinski definition) is 4. The first kappa shape index (κ1) is 10.1. The first-order valence-electron chi connectivity index (χ1n) is 6.41. The predicted molar refractivity (Wildman–Crippen MR) is 66.0 cm³/mol. The third kappa shape index (κ3) is 1.70. The summed E-state index contributed by atoms with van der Waals surface area (Å²) < 4.78 is 0. The molecule has 2 heterocycles. The van der Waals surface area contributed by atoms with Crippen molar-refractivity contribution in [1.29, 1.82) is 0 Å². The lowest BCUT2D eigenvalue weighted by Gasteiger charge is -2.15. The van der Waals surface area contributed by atoms with Gasteiger partial charge in [0.25, 0.3) is 0 Å². The molecule has 0 radical (unpaired) electrons. The summed E-state index contributed by atoms with van der Waals surface area (Å²) >= 11 is 0. The number of nitrogens with zero attached hydrogens (tertiary/aromatic N) is 2. The summed E-state index contributed by atoms with van der Waals surface area (Å²) in [6.07, 6.45) is 2.48. The minimum absolute atomic E-state index is 0.637. The molecule has 88 valence electrons. The molecule has 1 fully saturated rings. The van der Waals surface area contributed by atoms with E-state index in [0.717, 1.165) is 32.1 Å². The van der Waals surface area contributed by atoms with Gasteiger partial charge < -0.3 is 10.6 Å². The molecule has 2 N–H and O–H groups in total. The van der Waals surface area contributed by atoms with E-state index in [9.17, 15) is 0 Å². The minimum atomic E-state index is 0.637. The van der Waals surface area contributed by atoms with Gasteiger partial charge in [0.15, 0.2) is 0 Å². The third-order valence-electron chi connectivity index (χ3n) is 4.02. The summed E-state index contributed by atoms with van der Waals surface area (Å²) in [6, 6.07) is 0. The Morgan fingerprint density at radius 3 is 2.31 bits per heavy atom. The van der Waals surface area contributed by atoms with Gasteiger partial charge in [0.2, 0.25) is 0 Å². The van der Waals surface area contributed by atoms with Crippen LogP contribution < -0.4 is 10.6 Å². The van der Waals surface area contributed by atoms with E-state index < -0.39 is 0 Å². The van der Waals surface area contributed by atoms with Crippen molar-refractivity contribution >= 4 is 11.7 Å². The maximum Gasteiger partial charge on any atom is 0.0998 e. The lowest BCUT2D eigenvalue weighted by atomic mass is 9.97. The Bertz CT molecular complexity index is 334. The molecule has 0 aromatic heterocycles. The van der Waals surface area contributed by atoms with E-state index in [1.165, 1.54) is 24.5 Å². The number of amidine groups is 2. The zero-order chi connectivity index (χ0) is 11.0. The lowest BCUT2D eigenvalue weighted by Crippen LogP contribution is -2.29. The number of rotatable bonds is 2. The zero-order valence-electron chi connectivity index (χ0n) is 9.87. The maximum atomic E-state index is 4.57. The molecule has 1 aliphatic carbocycles. The summed E-state index contributed by atoms with van der Waals surface area (Å²) in [7, 11) is 0. The van der Waals surface area contributed by atoms with E-state index in [2.05, 4.69) is 27.5 Å². The average molecular weight is 220 g/mol. The molecule has 0 amide bonds. The standard InChI is InChI=1S/C12H20N4/c1-8-6-9(11-13-2-3-14-11)7-10(8)12-15-4-5-16-12/h8-10H,2-7H2,1H3,(H,13,14)(H,15,16). The summed E-state index contributed by atoms with van der Waals surface area (Å²) in [4.78, 5) is 9.13. The molecule has 4 nitrogen and oxygen atoms in total. The highest BCUT2D eigenvalue weighted by Crippen LogP contribution is 2.37. The first-order valence-corrected chi connectivity index (χ1v) is 6.41. The van der Waals surface area contributed by atoms with Gasteiger partial charge in [0.05, 0.1) is 24.8 Å². The van der Waals surface area contributed by atoms with Crippen molar-refractivity contribution in [3.63, 3.8) is 0 Å². The number of hydrogen-bond donors (Lipinski definition) is 2. The monoisotopic (exact) mass is 220 g/mol. The topological polar surface area (TPSA) is 48.8 Å². The van der Waals surface area contributed by atoms with Gasteiger partial charge >= 0.3 is 0 Å². The second-order valence-corrected chi connectivity index (χ2v) is 5.14. The van der Waals surface area contributed by atoms with Crippen LogP contribution in [0.25, 0.3) is 0 Å². The molecule has 3 rings (SSSR count). The zero-order valence-corrected chi connectivity index (χ0v) is 9.87. The van der Waals surface area contributed by atoms with Crippen molar-refractivity contribution in [3.8, 4) is 0 Å². The molecule has 3 unspecified atom stereocenters. The maximum absolute atomic E-state index is 4.57. The van der Waals surface area contributed by atoms with Crippen LogP contribution in [0, 0.1) is 17.8 Å². The number of nitrogens with one attached hydrogen (secondary N) is 2. The third-order valence-corrected chi connectivity index (χ3v) is 4.02. The van der Waals surface area contributed by atoms with Gasteiger partial charge in [0, 0.05) is 24.9 Å². The molecule has 3 atom stereocenters. The second-order valence-electron chi connectivity index (χ2n) is 5.14. The Hall–Kier alpha value is -1.06. The van der Waals surface area contributed by atoms with Crippen LogP contribution in [0.5, 0.6) is 0 Å². The van der Waals surface area contributed by atoms with Gasteiger partial charge in [-0.3, -0.25) is 9.98 Å². The quantitative estimate of drug-likeness (QED) is 0.718.